The van der Waals surface area contributed by atoms with Gasteiger partial charge in [0, 0.05) is 11.1 Å². The Morgan fingerprint density at radius 1 is 0.920 bits per heavy atom. The molecule has 0 saturated heterocycles. The number of hydrogen-bond donors (Lipinski definition) is 3. The molecular formula is C18H13F3N2O2. The molecule has 25 heavy (non-hydrogen) atoms. The summed E-state index contributed by atoms with van der Waals surface area (Å²) in [7, 11) is 0. The van der Waals surface area contributed by atoms with Crippen molar-refractivity contribution in [1.82, 2.24) is 0 Å². The summed E-state index contributed by atoms with van der Waals surface area (Å²) < 4.78 is 38.1. The van der Waals surface area contributed by atoms with E-state index in [4.69, 9.17) is 0 Å². The van der Waals surface area contributed by atoms with Crippen molar-refractivity contribution in [1.29, 1.82) is 0 Å². The molecule has 0 aliphatic heterocycles. The van der Waals surface area contributed by atoms with Crippen molar-refractivity contribution in [2.75, 3.05) is 10.6 Å². The van der Waals surface area contributed by atoms with Crippen LogP contribution in [-0.4, -0.2) is 11.1 Å². The van der Waals surface area contributed by atoms with Gasteiger partial charge in [-0.25, -0.2) is 4.79 Å². The highest BCUT2D eigenvalue weighted by Crippen LogP contribution is 2.31. The highest BCUT2D eigenvalue weighted by Gasteiger charge is 2.30. The Balaban J connectivity index is 1.80. The summed E-state index contributed by atoms with van der Waals surface area (Å²) in [5, 5.41) is 15.9. The van der Waals surface area contributed by atoms with E-state index in [0.29, 0.717) is 11.1 Å². The number of amides is 2. The quantitative estimate of drug-likeness (QED) is 0.597. The molecule has 0 aliphatic rings. The first-order valence-electron chi connectivity index (χ1n) is 7.30. The fraction of sp³-hybridized carbons (Fsp3) is 0.0556. The number of phenolic OH excluding ortho intramolecular Hbond substituents is 1. The molecule has 0 radical (unpaired) electrons. The van der Waals surface area contributed by atoms with Gasteiger partial charge in [-0.1, -0.05) is 18.2 Å². The molecule has 0 fully saturated rings. The van der Waals surface area contributed by atoms with E-state index in [1.165, 1.54) is 18.2 Å². The summed E-state index contributed by atoms with van der Waals surface area (Å²) in [5.41, 5.74) is -0.335. The Kier molecular flexibility index (Phi) is 4.22. The van der Waals surface area contributed by atoms with Crippen LogP contribution < -0.4 is 10.6 Å². The van der Waals surface area contributed by atoms with Crippen LogP contribution in [-0.2, 0) is 6.18 Å². The highest BCUT2D eigenvalue weighted by molar-refractivity contribution is 6.06. The third-order valence-electron chi connectivity index (χ3n) is 3.56. The first-order valence-corrected chi connectivity index (χ1v) is 7.30. The molecule has 0 aromatic heterocycles. The third kappa shape index (κ3) is 3.82. The fourth-order valence-electron chi connectivity index (χ4n) is 2.44. The van der Waals surface area contributed by atoms with Crippen LogP contribution in [0.1, 0.15) is 5.56 Å². The average molecular weight is 346 g/mol. The zero-order valence-corrected chi connectivity index (χ0v) is 12.8. The lowest BCUT2D eigenvalue weighted by molar-refractivity contribution is -0.137. The van der Waals surface area contributed by atoms with E-state index in [1.807, 2.05) is 0 Å². The van der Waals surface area contributed by atoms with E-state index in [0.717, 1.165) is 17.5 Å². The van der Waals surface area contributed by atoms with Crippen molar-refractivity contribution in [3.63, 3.8) is 0 Å². The molecule has 4 nitrogen and oxygen atoms in total. The number of halogens is 3. The molecule has 3 N–H and O–H groups in total. The molecule has 0 aliphatic carbocycles. The van der Waals surface area contributed by atoms with Crippen LogP contribution in [0.25, 0.3) is 10.8 Å². The van der Waals surface area contributed by atoms with E-state index >= 15 is 0 Å². The zero-order chi connectivity index (χ0) is 18.0. The molecule has 0 atom stereocenters. The smallest absolute Gasteiger partial charge is 0.416 e. The second-order valence-corrected chi connectivity index (χ2v) is 5.37. The van der Waals surface area contributed by atoms with Gasteiger partial charge in [0.2, 0.25) is 0 Å². The number of benzene rings is 3. The standard InChI is InChI=1S/C18H13F3N2O2/c19-18(20,21)12-4-2-5-13(10-12)22-17(25)23-16-6-1-3-11-9-14(24)7-8-15(11)16/h1-10,24H,(H2,22,23,25). The van der Waals surface area contributed by atoms with Crippen LogP contribution >= 0.6 is 0 Å². The SMILES string of the molecule is O=C(Nc1cccc(C(F)(F)F)c1)Nc1cccc2cc(O)ccc12. The molecule has 0 heterocycles. The minimum absolute atomic E-state index is 0.0326. The van der Waals surface area contributed by atoms with E-state index in [-0.39, 0.29) is 11.4 Å². The van der Waals surface area contributed by atoms with Gasteiger partial charge in [-0.05, 0) is 47.9 Å². The van der Waals surface area contributed by atoms with Crippen LogP contribution in [0, 0.1) is 0 Å². The van der Waals surface area contributed by atoms with Gasteiger partial charge in [-0.2, -0.15) is 13.2 Å². The molecule has 3 aromatic rings. The normalized spacial score (nSPS) is 11.3. The molecule has 0 saturated carbocycles. The number of urea groups is 1. The average Bonchev–Trinajstić information content (AvgIpc) is 2.54. The number of rotatable bonds is 2. The fourth-order valence-corrected chi connectivity index (χ4v) is 2.44. The second kappa shape index (κ2) is 6.35. The zero-order valence-electron chi connectivity index (χ0n) is 12.8. The molecule has 7 heteroatoms. The van der Waals surface area contributed by atoms with Crippen molar-refractivity contribution in [3.8, 4) is 5.75 Å². The second-order valence-electron chi connectivity index (χ2n) is 5.37. The van der Waals surface area contributed by atoms with E-state index in [1.54, 1.807) is 30.3 Å². The lowest BCUT2D eigenvalue weighted by Crippen LogP contribution is -2.20. The predicted octanol–water partition coefficient (Wildman–Crippen LogP) is 5.21. The third-order valence-corrected chi connectivity index (χ3v) is 3.56. The van der Waals surface area contributed by atoms with E-state index in [2.05, 4.69) is 10.6 Å². The maximum atomic E-state index is 12.7. The Labute approximate surface area is 140 Å². The summed E-state index contributed by atoms with van der Waals surface area (Å²) in [4.78, 5) is 12.1. The van der Waals surface area contributed by atoms with Crippen LogP contribution in [0.3, 0.4) is 0 Å². The van der Waals surface area contributed by atoms with Gasteiger partial charge in [0.1, 0.15) is 5.75 Å². The molecular weight excluding hydrogens is 333 g/mol. The number of hydrogen-bond acceptors (Lipinski definition) is 2. The molecule has 3 rings (SSSR count). The van der Waals surface area contributed by atoms with Crippen molar-refractivity contribution in [2.45, 2.75) is 6.18 Å². The van der Waals surface area contributed by atoms with Crippen LogP contribution in [0.15, 0.2) is 60.7 Å². The predicted molar refractivity (Wildman–Crippen MR) is 89.7 cm³/mol. The number of aromatic hydroxyl groups is 1. The first-order chi connectivity index (χ1) is 11.8. The Hall–Kier alpha value is -3.22. The van der Waals surface area contributed by atoms with Crippen molar-refractivity contribution >= 4 is 28.2 Å². The van der Waals surface area contributed by atoms with Gasteiger partial charge < -0.3 is 15.7 Å². The summed E-state index contributed by atoms with van der Waals surface area (Å²) in [6.45, 7) is 0. The minimum Gasteiger partial charge on any atom is -0.508 e. The van der Waals surface area contributed by atoms with Crippen LogP contribution in [0.2, 0.25) is 0 Å². The lowest BCUT2D eigenvalue weighted by Gasteiger charge is -2.12. The van der Waals surface area contributed by atoms with Crippen molar-refractivity contribution in [2.24, 2.45) is 0 Å². The first kappa shape index (κ1) is 16.6. The van der Waals surface area contributed by atoms with Gasteiger partial charge in [-0.15, -0.1) is 0 Å². The number of phenols is 1. The molecule has 2 amide bonds. The molecule has 3 aromatic carbocycles. The van der Waals surface area contributed by atoms with Gasteiger partial charge in [0.25, 0.3) is 0 Å². The Morgan fingerprint density at radius 2 is 1.68 bits per heavy atom. The van der Waals surface area contributed by atoms with Gasteiger partial charge in [-0.3, -0.25) is 0 Å². The number of nitrogens with one attached hydrogen (secondary N) is 2. The maximum Gasteiger partial charge on any atom is 0.416 e. The van der Waals surface area contributed by atoms with Crippen LogP contribution in [0.4, 0.5) is 29.3 Å². The summed E-state index contributed by atoms with van der Waals surface area (Å²) in [5.74, 6) is 0.0954. The summed E-state index contributed by atoms with van der Waals surface area (Å²) in [6, 6.07) is 13.5. The number of fused-ring (bicyclic) bond motifs is 1. The number of anilines is 2. The number of carbonyl (C=O) groups is 1. The molecule has 0 bridgehead atoms. The monoisotopic (exact) mass is 346 g/mol. The number of alkyl halides is 3. The largest absolute Gasteiger partial charge is 0.508 e. The summed E-state index contributed by atoms with van der Waals surface area (Å²) >= 11 is 0. The maximum absolute atomic E-state index is 12.7. The topological polar surface area (TPSA) is 61.4 Å². The molecule has 0 unspecified atom stereocenters. The molecule has 0 spiro atoms. The van der Waals surface area contributed by atoms with Gasteiger partial charge in [0.15, 0.2) is 0 Å². The van der Waals surface area contributed by atoms with Gasteiger partial charge in [0.05, 0.1) is 11.3 Å². The Morgan fingerprint density at radius 3 is 2.44 bits per heavy atom. The summed E-state index contributed by atoms with van der Waals surface area (Å²) in [6.07, 6.45) is -4.48. The van der Waals surface area contributed by atoms with E-state index < -0.39 is 17.8 Å². The van der Waals surface area contributed by atoms with Crippen LogP contribution in [0.5, 0.6) is 5.75 Å². The number of carbonyl (C=O) groups excluding carboxylic acids is 1. The highest BCUT2D eigenvalue weighted by atomic mass is 19.4. The molecule has 128 valence electrons. The van der Waals surface area contributed by atoms with Crippen molar-refractivity contribution < 1.29 is 23.1 Å². The van der Waals surface area contributed by atoms with Crippen molar-refractivity contribution in [3.05, 3.63) is 66.2 Å². The Bertz CT molecular complexity index is 939. The van der Waals surface area contributed by atoms with E-state index in [9.17, 15) is 23.1 Å². The lowest BCUT2D eigenvalue weighted by atomic mass is 10.1. The van der Waals surface area contributed by atoms with Gasteiger partial charge >= 0.3 is 12.2 Å². The minimum atomic E-state index is -4.48.